The van der Waals surface area contributed by atoms with Gasteiger partial charge in [0.15, 0.2) is 0 Å². The highest BCUT2D eigenvalue weighted by molar-refractivity contribution is 6.31. The number of carbonyl (C=O) groups excluding carboxylic acids is 1. The van der Waals surface area contributed by atoms with Crippen molar-refractivity contribution in [1.82, 2.24) is 4.98 Å². The molecule has 0 aliphatic rings. The predicted molar refractivity (Wildman–Crippen MR) is 91.8 cm³/mol. The van der Waals surface area contributed by atoms with Crippen LogP contribution in [0.1, 0.15) is 35.8 Å². The van der Waals surface area contributed by atoms with Crippen molar-refractivity contribution >= 4 is 28.9 Å². The molecule has 0 unspecified atom stereocenters. The SMILES string of the molecule is CCCCNc1ccnc(C(=O)Nc2cccc(Cl)c2C)c1. The molecule has 5 heteroatoms. The van der Waals surface area contributed by atoms with Crippen molar-refractivity contribution < 1.29 is 4.79 Å². The van der Waals surface area contributed by atoms with E-state index in [2.05, 4.69) is 22.5 Å². The fraction of sp³-hybridized carbons (Fsp3) is 0.294. The van der Waals surface area contributed by atoms with Crippen LogP contribution in [0.2, 0.25) is 5.02 Å². The third kappa shape index (κ3) is 4.21. The molecule has 4 nitrogen and oxygen atoms in total. The first-order chi connectivity index (χ1) is 10.6. The number of rotatable bonds is 6. The van der Waals surface area contributed by atoms with E-state index >= 15 is 0 Å². The Balaban J connectivity index is 2.09. The van der Waals surface area contributed by atoms with E-state index in [1.807, 2.05) is 19.1 Å². The van der Waals surface area contributed by atoms with Gasteiger partial charge >= 0.3 is 0 Å². The van der Waals surface area contributed by atoms with E-state index < -0.39 is 0 Å². The van der Waals surface area contributed by atoms with Crippen molar-refractivity contribution in [3.63, 3.8) is 0 Å². The van der Waals surface area contributed by atoms with Gasteiger partial charge in [0, 0.05) is 29.1 Å². The largest absolute Gasteiger partial charge is 0.385 e. The summed E-state index contributed by atoms with van der Waals surface area (Å²) in [6.07, 6.45) is 3.85. The minimum atomic E-state index is -0.246. The summed E-state index contributed by atoms with van der Waals surface area (Å²) in [6, 6.07) is 9.04. The zero-order chi connectivity index (χ0) is 15.9. The number of unbranched alkanes of at least 4 members (excludes halogenated alkanes) is 1. The number of halogens is 1. The third-order valence-corrected chi connectivity index (χ3v) is 3.78. The molecule has 0 spiro atoms. The number of hydrogen-bond acceptors (Lipinski definition) is 3. The molecule has 2 rings (SSSR count). The van der Waals surface area contributed by atoms with Crippen molar-refractivity contribution in [1.29, 1.82) is 0 Å². The van der Waals surface area contributed by atoms with E-state index in [0.29, 0.717) is 16.4 Å². The minimum absolute atomic E-state index is 0.246. The zero-order valence-corrected chi connectivity index (χ0v) is 13.6. The van der Waals surface area contributed by atoms with E-state index in [0.717, 1.165) is 30.6 Å². The topological polar surface area (TPSA) is 54.0 Å². The molecule has 22 heavy (non-hydrogen) atoms. The van der Waals surface area contributed by atoms with Crippen molar-refractivity contribution in [2.75, 3.05) is 17.2 Å². The second-order valence-corrected chi connectivity index (χ2v) is 5.48. The van der Waals surface area contributed by atoms with E-state index in [-0.39, 0.29) is 5.91 Å². The summed E-state index contributed by atoms with van der Waals surface area (Å²) in [5.41, 5.74) is 2.82. The number of benzene rings is 1. The molecular weight excluding hydrogens is 298 g/mol. The van der Waals surface area contributed by atoms with Gasteiger partial charge in [0.1, 0.15) is 5.69 Å². The molecule has 0 bridgehead atoms. The van der Waals surface area contributed by atoms with Gasteiger partial charge in [0.25, 0.3) is 5.91 Å². The maximum atomic E-state index is 12.3. The van der Waals surface area contributed by atoms with Gasteiger partial charge in [-0.25, -0.2) is 0 Å². The lowest BCUT2D eigenvalue weighted by Gasteiger charge is -2.10. The quantitative estimate of drug-likeness (QED) is 0.771. The summed E-state index contributed by atoms with van der Waals surface area (Å²) in [5.74, 6) is -0.246. The molecule has 1 heterocycles. The Hall–Kier alpha value is -2.07. The Bertz CT molecular complexity index is 658. The second kappa shape index (κ2) is 7.80. The maximum absolute atomic E-state index is 12.3. The van der Waals surface area contributed by atoms with Gasteiger partial charge in [-0.1, -0.05) is 31.0 Å². The van der Waals surface area contributed by atoms with E-state index in [4.69, 9.17) is 11.6 Å². The lowest BCUT2D eigenvalue weighted by Crippen LogP contribution is -2.15. The molecule has 2 N–H and O–H groups in total. The van der Waals surface area contributed by atoms with Crippen LogP contribution in [0.4, 0.5) is 11.4 Å². The number of carbonyl (C=O) groups is 1. The van der Waals surface area contributed by atoms with Crippen LogP contribution in [0.15, 0.2) is 36.5 Å². The lowest BCUT2D eigenvalue weighted by atomic mass is 10.2. The molecule has 0 saturated carbocycles. The fourth-order valence-electron chi connectivity index (χ4n) is 2.00. The summed E-state index contributed by atoms with van der Waals surface area (Å²) in [5, 5.41) is 6.76. The molecule has 0 saturated heterocycles. The molecule has 116 valence electrons. The van der Waals surface area contributed by atoms with Gasteiger partial charge in [0.05, 0.1) is 0 Å². The smallest absolute Gasteiger partial charge is 0.274 e. The summed E-state index contributed by atoms with van der Waals surface area (Å²) >= 11 is 6.06. The number of nitrogens with one attached hydrogen (secondary N) is 2. The number of pyridine rings is 1. The third-order valence-electron chi connectivity index (χ3n) is 3.37. The molecular formula is C17H20ClN3O. The van der Waals surface area contributed by atoms with E-state index in [1.54, 1.807) is 24.4 Å². The van der Waals surface area contributed by atoms with Crippen LogP contribution >= 0.6 is 11.6 Å². The van der Waals surface area contributed by atoms with Crippen LogP contribution in [-0.4, -0.2) is 17.4 Å². The molecule has 0 fully saturated rings. The average Bonchev–Trinajstić information content (AvgIpc) is 2.52. The highest BCUT2D eigenvalue weighted by Gasteiger charge is 2.10. The predicted octanol–water partition coefficient (Wildman–Crippen LogP) is 4.51. The fourth-order valence-corrected chi connectivity index (χ4v) is 2.18. The van der Waals surface area contributed by atoms with Gasteiger partial charge in [-0.3, -0.25) is 9.78 Å². The van der Waals surface area contributed by atoms with Crippen molar-refractivity contribution in [2.24, 2.45) is 0 Å². The Labute approximate surface area is 135 Å². The van der Waals surface area contributed by atoms with Crippen molar-refractivity contribution in [3.05, 3.63) is 52.8 Å². The molecule has 1 amide bonds. The Morgan fingerprint density at radius 2 is 2.14 bits per heavy atom. The lowest BCUT2D eigenvalue weighted by molar-refractivity contribution is 0.102. The number of anilines is 2. The van der Waals surface area contributed by atoms with Crippen LogP contribution in [0.5, 0.6) is 0 Å². The van der Waals surface area contributed by atoms with Crippen LogP contribution in [0.3, 0.4) is 0 Å². The van der Waals surface area contributed by atoms with Crippen molar-refractivity contribution in [3.8, 4) is 0 Å². The number of hydrogen-bond donors (Lipinski definition) is 2. The molecule has 0 atom stereocenters. The van der Waals surface area contributed by atoms with Crippen LogP contribution < -0.4 is 10.6 Å². The minimum Gasteiger partial charge on any atom is -0.385 e. The van der Waals surface area contributed by atoms with Gasteiger partial charge in [-0.15, -0.1) is 0 Å². The first-order valence-electron chi connectivity index (χ1n) is 7.38. The van der Waals surface area contributed by atoms with E-state index in [9.17, 15) is 4.79 Å². The Kier molecular flexibility index (Phi) is 5.78. The van der Waals surface area contributed by atoms with Gasteiger partial charge in [-0.2, -0.15) is 0 Å². The maximum Gasteiger partial charge on any atom is 0.274 e. The summed E-state index contributed by atoms with van der Waals surface area (Å²) in [4.78, 5) is 16.4. The Morgan fingerprint density at radius 3 is 2.91 bits per heavy atom. The summed E-state index contributed by atoms with van der Waals surface area (Å²) in [6.45, 7) is 4.89. The highest BCUT2D eigenvalue weighted by atomic mass is 35.5. The monoisotopic (exact) mass is 317 g/mol. The standard InChI is InChI=1S/C17H20ClN3O/c1-3-4-9-19-13-8-10-20-16(11-13)17(22)21-15-7-5-6-14(18)12(15)2/h5-8,10-11H,3-4,9H2,1-2H3,(H,19,20)(H,21,22). The number of nitrogens with zero attached hydrogens (tertiary/aromatic N) is 1. The summed E-state index contributed by atoms with van der Waals surface area (Å²) in [7, 11) is 0. The second-order valence-electron chi connectivity index (χ2n) is 5.08. The van der Waals surface area contributed by atoms with Crippen LogP contribution in [0.25, 0.3) is 0 Å². The van der Waals surface area contributed by atoms with E-state index in [1.165, 1.54) is 0 Å². The first-order valence-corrected chi connectivity index (χ1v) is 7.76. The zero-order valence-electron chi connectivity index (χ0n) is 12.8. The highest BCUT2D eigenvalue weighted by Crippen LogP contribution is 2.23. The normalized spacial score (nSPS) is 10.3. The first kappa shape index (κ1) is 16.3. The molecule has 0 aliphatic carbocycles. The van der Waals surface area contributed by atoms with Gasteiger partial charge in [-0.05, 0) is 43.2 Å². The molecule has 2 aromatic rings. The molecule has 1 aromatic heterocycles. The average molecular weight is 318 g/mol. The van der Waals surface area contributed by atoms with Gasteiger partial charge in [0.2, 0.25) is 0 Å². The summed E-state index contributed by atoms with van der Waals surface area (Å²) < 4.78 is 0. The number of aromatic nitrogens is 1. The number of amides is 1. The van der Waals surface area contributed by atoms with Crippen LogP contribution in [-0.2, 0) is 0 Å². The molecule has 0 aliphatic heterocycles. The molecule has 1 aromatic carbocycles. The molecule has 0 radical (unpaired) electrons. The van der Waals surface area contributed by atoms with Crippen LogP contribution in [0, 0.1) is 6.92 Å². The van der Waals surface area contributed by atoms with Crippen molar-refractivity contribution in [2.45, 2.75) is 26.7 Å². The Morgan fingerprint density at radius 1 is 1.32 bits per heavy atom. The van der Waals surface area contributed by atoms with Gasteiger partial charge < -0.3 is 10.6 Å².